The molecule has 8 heteroatoms. The molecule has 176 valence electrons. The zero-order valence-corrected chi connectivity index (χ0v) is 19.8. The van der Waals surface area contributed by atoms with Gasteiger partial charge in [-0.05, 0) is 49.2 Å². The largest absolute Gasteiger partial charge is 0.376 e. The lowest BCUT2D eigenvalue weighted by Gasteiger charge is -2.23. The lowest BCUT2D eigenvalue weighted by molar-refractivity contribution is -0.119. The lowest BCUT2D eigenvalue weighted by Crippen LogP contribution is -2.36. The minimum absolute atomic E-state index is 0.00783. The molecule has 1 aliphatic rings. The van der Waals surface area contributed by atoms with Crippen LogP contribution in [0.3, 0.4) is 0 Å². The topological polar surface area (TPSA) is 99.3 Å². The van der Waals surface area contributed by atoms with E-state index in [0.717, 1.165) is 25.7 Å². The second-order valence-corrected chi connectivity index (χ2v) is 9.04. The van der Waals surface area contributed by atoms with Crippen LogP contribution in [0.1, 0.15) is 56.3 Å². The van der Waals surface area contributed by atoms with Crippen molar-refractivity contribution in [2.75, 3.05) is 22.5 Å². The van der Waals surface area contributed by atoms with E-state index in [0.29, 0.717) is 27.6 Å². The molecule has 1 aliphatic carbocycles. The molecular formula is C25H31ClN4O3. The highest BCUT2D eigenvalue weighted by molar-refractivity contribution is 6.34. The number of halogens is 1. The molecule has 7 nitrogen and oxygen atoms in total. The van der Waals surface area contributed by atoms with Crippen molar-refractivity contribution >= 4 is 46.4 Å². The molecule has 0 atom stereocenters. The molecule has 0 aromatic heterocycles. The third-order valence-corrected chi connectivity index (χ3v) is 5.87. The zero-order chi connectivity index (χ0) is 23.8. The van der Waals surface area contributed by atoms with Crippen molar-refractivity contribution < 1.29 is 14.4 Å². The van der Waals surface area contributed by atoms with Crippen molar-refractivity contribution in [3.8, 4) is 0 Å². The summed E-state index contributed by atoms with van der Waals surface area (Å²) in [6, 6.07) is 12.2. The highest BCUT2D eigenvalue weighted by atomic mass is 35.5. The summed E-state index contributed by atoms with van der Waals surface area (Å²) in [5.74, 6) is -0.682. The van der Waals surface area contributed by atoms with E-state index in [4.69, 9.17) is 11.6 Å². The van der Waals surface area contributed by atoms with Crippen molar-refractivity contribution in [3.63, 3.8) is 0 Å². The van der Waals surface area contributed by atoms with Crippen molar-refractivity contribution in [1.82, 2.24) is 5.32 Å². The number of rotatable bonds is 8. The molecule has 1 fully saturated rings. The van der Waals surface area contributed by atoms with Crippen LogP contribution in [0.15, 0.2) is 42.5 Å². The van der Waals surface area contributed by atoms with E-state index in [1.165, 1.54) is 6.42 Å². The molecule has 0 saturated heterocycles. The summed E-state index contributed by atoms with van der Waals surface area (Å²) >= 11 is 6.25. The van der Waals surface area contributed by atoms with Crippen LogP contribution in [-0.4, -0.2) is 30.3 Å². The van der Waals surface area contributed by atoms with Crippen LogP contribution in [0.25, 0.3) is 0 Å². The normalized spacial score (nSPS) is 13.9. The first-order chi connectivity index (χ1) is 15.8. The zero-order valence-electron chi connectivity index (χ0n) is 19.0. The van der Waals surface area contributed by atoms with E-state index in [1.807, 2.05) is 13.8 Å². The third kappa shape index (κ3) is 7.49. The van der Waals surface area contributed by atoms with Crippen LogP contribution < -0.4 is 21.3 Å². The summed E-state index contributed by atoms with van der Waals surface area (Å²) < 4.78 is 0. The van der Waals surface area contributed by atoms with Crippen molar-refractivity contribution in [2.24, 2.45) is 5.92 Å². The van der Waals surface area contributed by atoms with Gasteiger partial charge in [0.2, 0.25) is 11.8 Å². The Morgan fingerprint density at radius 1 is 0.939 bits per heavy atom. The fourth-order valence-electron chi connectivity index (χ4n) is 3.67. The third-order valence-electron chi connectivity index (χ3n) is 5.54. The Bertz CT molecular complexity index is 1000. The van der Waals surface area contributed by atoms with Crippen molar-refractivity contribution in [3.05, 3.63) is 53.1 Å². The first kappa shape index (κ1) is 24.6. The van der Waals surface area contributed by atoms with E-state index in [9.17, 15) is 14.4 Å². The van der Waals surface area contributed by atoms with E-state index >= 15 is 0 Å². The standard InChI is InChI=1S/C25H31ClN4O3/c1-16(2)24(32)30-20-10-6-9-19(13-20)28-23(31)15-27-18-11-12-22(26)21(14-18)25(33)29-17-7-4-3-5-8-17/h6,9-14,16-17,27H,3-5,7-8,15H2,1-2H3,(H,28,31)(H,29,33)(H,30,32). The number of hydrogen-bond donors (Lipinski definition) is 4. The molecule has 0 spiro atoms. The maximum Gasteiger partial charge on any atom is 0.253 e. The van der Waals surface area contributed by atoms with Crippen LogP contribution in [0.5, 0.6) is 0 Å². The highest BCUT2D eigenvalue weighted by Crippen LogP contribution is 2.23. The summed E-state index contributed by atoms with van der Waals surface area (Å²) in [5.41, 5.74) is 2.21. The first-order valence-corrected chi connectivity index (χ1v) is 11.7. The Morgan fingerprint density at radius 3 is 2.33 bits per heavy atom. The average Bonchev–Trinajstić information content (AvgIpc) is 2.79. The van der Waals surface area contributed by atoms with E-state index in [-0.39, 0.29) is 36.2 Å². The molecule has 3 amide bonds. The molecule has 0 heterocycles. The van der Waals surface area contributed by atoms with Crippen molar-refractivity contribution in [2.45, 2.75) is 52.0 Å². The monoisotopic (exact) mass is 470 g/mol. The fraction of sp³-hybridized carbons (Fsp3) is 0.400. The Hall–Kier alpha value is -3.06. The number of anilines is 3. The summed E-state index contributed by atoms with van der Waals surface area (Å²) in [5, 5.41) is 12.1. The minimum Gasteiger partial charge on any atom is -0.376 e. The molecular weight excluding hydrogens is 440 g/mol. The summed E-state index contributed by atoms with van der Waals surface area (Å²) in [7, 11) is 0. The second kappa shape index (κ2) is 11.7. The Morgan fingerprint density at radius 2 is 1.64 bits per heavy atom. The number of nitrogens with one attached hydrogen (secondary N) is 4. The van der Waals surface area contributed by atoms with E-state index < -0.39 is 0 Å². The molecule has 0 radical (unpaired) electrons. The smallest absolute Gasteiger partial charge is 0.253 e. The molecule has 33 heavy (non-hydrogen) atoms. The quantitative estimate of drug-likeness (QED) is 0.434. The molecule has 3 rings (SSSR count). The molecule has 0 aliphatic heterocycles. The predicted octanol–water partition coefficient (Wildman–Crippen LogP) is 5.05. The van der Waals surface area contributed by atoms with Gasteiger partial charge in [0.1, 0.15) is 0 Å². The van der Waals surface area contributed by atoms with E-state index in [2.05, 4.69) is 21.3 Å². The van der Waals surface area contributed by atoms with Gasteiger partial charge >= 0.3 is 0 Å². The maximum atomic E-state index is 12.7. The average molecular weight is 471 g/mol. The molecule has 2 aromatic carbocycles. The van der Waals surface area contributed by atoms with Gasteiger partial charge in [0, 0.05) is 29.0 Å². The van der Waals surface area contributed by atoms with Crippen LogP contribution in [0.4, 0.5) is 17.1 Å². The van der Waals surface area contributed by atoms with Crippen LogP contribution in [-0.2, 0) is 9.59 Å². The van der Waals surface area contributed by atoms with Gasteiger partial charge in [0.05, 0.1) is 17.1 Å². The van der Waals surface area contributed by atoms with E-state index in [1.54, 1.807) is 42.5 Å². The Kier molecular flexibility index (Phi) is 8.72. The van der Waals surface area contributed by atoms with Gasteiger partial charge in [-0.1, -0.05) is 50.8 Å². The predicted molar refractivity (Wildman–Crippen MR) is 133 cm³/mol. The van der Waals surface area contributed by atoms with Crippen LogP contribution in [0, 0.1) is 5.92 Å². The summed E-state index contributed by atoms with van der Waals surface area (Å²) in [4.78, 5) is 37.0. The highest BCUT2D eigenvalue weighted by Gasteiger charge is 2.18. The molecule has 0 unspecified atom stereocenters. The van der Waals surface area contributed by atoms with Gasteiger partial charge in [0.25, 0.3) is 5.91 Å². The van der Waals surface area contributed by atoms with Gasteiger partial charge in [0.15, 0.2) is 0 Å². The minimum atomic E-state index is -0.259. The second-order valence-electron chi connectivity index (χ2n) is 8.63. The number of benzene rings is 2. The molecule has 2 aromatic rings. The number of carbonyl (C=O) groups is 3. The summed E-state index contributed by atoms with van der Waals surface area (Å²) in [6.45, 7) is 3.64. The molecule has 4 N–H and O–H groups in total. The van der Waals surface area contributed by atoms with Gasteiger partial charge in [-0.3, -0.25) is 14.4 Å². The van der Waals surface area contributed by atoms with Crippen LogP contribution >= 0.6 is 11.6 Å². The SMILES string of the molecule is CC(C)C(=O)Nc1cccc(NC(=O)CNc2ccc(Cl)c(C(=O)NC3CCCCC3)c2)c1. The van der Waals surface area contributed by atoms with Crippen molar-refractivity contribution in [1.29, 1.82) is 0 Å². The maximum absolute atomic E-state index is 12.7. The van der Waals surface area contributed by atoms with Gasteiger partial charge < -0.3 is 21.3 Å². The number of amides is 3. The molecule has 1 saturated carbocycles. The lowest BCUT2D eigenvalue weighted by atomic mass is 9.95. The number of hydrogen-bond acceptors (Lipinski definition) is 4. The summed E-state index contributed by atoms with van der Waals surface area (Å²) in [6.07, 6.45) is 5.45. The van der Waals surface area contributed by atoms with Gasteiger partial charge in [-0.25, -0.2) is 0 Å². The van der Waals surface area contributed by atoms with Crippen LogP contribution in [0.2, 0.25) is 5.02 Å². The van der Waals surface area contributed by atoms with Gasteiger partial charge in [-0.2, -0.15) is 0 Å². The Labute approximate surface area is 199 Å². The number of carbonyl (C=O) groups excluding carboxylic acids is 3. The first-order valence-electron chi connectivity index (χ1n) is 11.4. The van der Waals surface area contributed by atoms with Gasteiger partial charge in [-0.15, -0.1) is 0 Å². The Balaban J connectivity index is 1.55. The molecule has 0 bridgehead atoms. The fourth-order valence-corrected chi connectivity index (χ4v) is 3.87.